The second-order valence-electron chi connectivity index (χ2n) is 16.9. The van der Waals surface area contributed by atoms with E-state index in [1.165, 1.54) is 238 Å². The first-order valence-electron chi connectivity index (χ1n) is 24.8. The highest BCUT2D eigenvalue weighted by Gasteiger charge is 2.13. The zero-order valence-electron chi connectivity index (χ0n) is 37.0. The number of aliphatic hydroxyl groups excluding tert-OH is 1. The molecule has 0 aromatic carbocycles. The lowest BCUT2D eigenvalue weighted by Gasteiger charge is -2.16. The molecule has 0 radical (unpaired) electrons. The predicted molar refractivity (Wildman–Crippen MR) is 238 cm³/mol. The highest BCUT2D eigenvalue weighted by molar-refractivity contribution is 5.69. The maximum Gasteiger partial charge on any atom is 0.306 e. The van der Waals surface area contributed by atoms with E-state index in [0.717, 1.165) is 19.3 Å². The van der Waals surface area contributed by atoms with Gasteiger partial charge in [-0.2, -0.15) is 0 Å². The van der Waals surface area contributed by atoms with Gasteiger partial charge in [-0.05, 0) is 38.5 Å². The molecule has 0 saturated heterocycles. The minimum Gasteiger partial charge on any atom is -0.457 e. The fourth-order valence-electron chi connectivity index (χ4n) is 7.62. The Kier molecular flexibility index (Phi) is 47.5. The Labute approximate surface area is 339 Å². The number of unbranched alkanes of at least 4 members (excludes halogenated alkanes) is 37. The van der Waals surface area contributed by atoms with Crippen molar-refractivity contribution in [1.82, 2.24) is 0 Å². The van der Waals surface area contributed by atoms with Crippen LogP contribution in [-0.2, 0) is 14.3 Å². The number of esters is 1. The van der Waals surface area contributed by atoms with Crippen LogP contribution in [0.5, 0.6) is 0 Å². The van der Waals surface area contributed by atoms with E-state index >= 15 is 0 Å². The molecule has 0 bridgehead atoms. The Morgan fingerprint density at radius 2 is 0.722 bits per heavy atom. The highest BCUT2D eigenvalue weighted by atomic mass is 16.6. The van der Waals surface area contributed by atoms with Gasteiger partial charge in [0.2, 0.25) is 0 Å². The Morgan fingerprint density at radius 3 is 1.06 bits per heavy atom. The minimum atomic E-state index is -0.528. The van der Waals surface area contributed by atoms with Crippen LogP contribution in [0, 0.1) is 0 Å². The molecule has 0 aliphatic rings. The number of allylic oxidation sites excluding steroid dienone is 2. The summed E-state index contributed by atoms with van der Waals surface area (Å²) in [6.07, 6.45) is 58.7. The molecule has 1 unspecified atom stereocenters. The van der Waals surface area contributed by atoms with E-state index < -0.39 is 6.10 Å². The molecule has 1 N–H and O–H groups in total. The summed E-state index contributed by atoms with van der Waals surface area (Å²) in [4.78, 5) is 12.2. The van der Waals surface area contributed by atoms with Gasteiger partial charge in [0, 0.05) is 13.0 Å². The van der Waals surface area contributed by atoms with Crippen molar-refractivity contribution in [3.63, 3.8) is 0 Å². The standard InChI is InChI=1S/C50H98O4/c1-3-5-7-9-11-13-15-17-19-21-22-23-24-25-26-27-28-29-30-32-34-36-38-40-42-44-46-53-48-49(47-51)54-50(52)45-43-41-39-37-35-33-31-20-18-16-14-12-10-8-6-4-2/h21-22,49,51H,3-20,23-48H2,1-2H3/b22-21-. The van der Waals surface area contributed by atoms with E-state index in [1.807, 2.05) is 0 Å². The van der Waals surface area contributed by atoms with Crippen molar-refractivity contribution in [3.8, 4) is 0 Å². The van der Waals surface area contributed by atoms with Crippen molar-refractivity contribution in [1.29, 1.82) is 0 Å². The number of hydrogen-bond donors (Lipinski definition) is 1. The molecule has 0 aliphatic heterocycles. The monoisotopic (exact) mass is 763 g/mol. The van der Waals surface area contributed by atoms with Crippen LogP contribution >= 0.6 is 0 Å². The Morgan fingerprint density at radius 1 is 0.426 bits per heavy atom. The summed E-state index contributed by atoms with van der Waals surface area (Å²) in [7, 11) is 0. The summed E-state index contributed by atoms with van der Waals surface area (Å²) in [6, 6.07) is 0. The normalized spacial score (nSPS) is 12.3. The van der Waals surface area contributed by atoms with E-state index in [2.05, 4.69) is 26.0 Å². The van der Waals surface area contributed by atoms with Gasteiger partial charge in [-0.1, -0.05) is 244 Å². The van der Waals surface area contributed by atoms with Crippen molar-refractivity contribution >= 4 is 5.97 Å². The largest absolute Gasteiger partial charge is 0.457 e. The number of rotatable bonds is 47. The fourth-order valence-corrected chi connectivity index (χ4v) is 7.62. The second-order valence-corrected chi connectivity index (χ2v) is 16.9. The molecule has 0 spiro atoms. The van der Waals surface area contributed by atoms with Gasteiger partial charge >= 0.3 is 5.97 Å². The molecule has 4 heteroatoms. The number of hydrogen-bond acceptors (Lipinski definition) is 4. The van der Waals surface area contributed by atoms with Gasteiger partial charge in [0.25, 0.3) is 0 Å². The second kappa shape index (κ2) is 48.3. The third kappa shape index (κ3) is 45.5. The first-order chi connectivity index (χ1) is 26.7. The highest BCUT2D eigenvalue weighted by Crippen LogP contribution is 2.16. The smallest absolute Gasteiger partial charge is 0.306 e. The minimum absolute atomic E-state index is 0.165. The SMILES string of the molecule is CCCCCCCCCC/C=C\CCCCCCCCCCCCCCCCOCC(CO)OC(=O)CCCCCCCCCCCCCCCCCC. The van der Waals surface area contributed by atoms with Crippen LogP contribution in [0.4, 0.5) is 0 Å². The number of carbonyl (C=O) groups excluding carboxylic acids is 1. The van der Waals surface area contributed by atoms with Crippen LogP contribution in [0.25, 0.3) is 0 Å². The molecule has 0 aromatic heterocycles. The lowest BCUT2D eigenvalue weighted by molar-refractivity contribution is -0.154. The van der Waals surface area contributed by atoms with Gasteiger partial charge < -0.3 is 14.6 Å². The summed E-state index contributed by atoms with van der Waals surface area (Å²) in [5.74, 6) is -0.193. The van der Waals surface area contributed by atoms with Crippen LogP contribution in [0.2, 0.25) is 0 Å². The van der Waals surface area contributed by atoms with Crippen molar-refractivity contribution in [3.05, 3.63) is 12.2 Å². The maximum absolute atomic E-state index is 12.2. The molecular formula is C50H98O4. The molecule has 54 heavy (non-hydrogen) atoms. The summed E-state index contributed by atoms with van der Waals surface area (Å²) in [5.41, 5.74) is 0. The number of carbonyl (C=O) groups is 1. The van der Waals surface area contributed by atoms with Crippen molar-refractivity contribution in [2.24, 2.45) is 0 Å². The summed E-state index contributed by atoms with van der Waals surface area (Å²) in [5, 5.41) is 9.63. The predicted octanol–water partition coefficient (Wildman–Crippen LogP) is 16.5. The molecule has 0 aliphatic carbocycles. The van der Waals surface area contributed by atoms with Gasteiger partial charge in [0.05, 0.1) is 13.2 Å². The van der Waals surface area contributed by atoms with Gasteiger partial charge in [0.1, 0.15) is 6.10 Å². The summed E-state index contributed by atoms with van der Waals surface area (Å²) >= 11 is 0. The zero-order chi connectivity index (χ0) is 39.1. The average Bonchev–Trinajstić information content (AvgIpc) is 3.18. The molecule has 0 saturated carbocycles. The fraction of sp³-hybridized carbons (Fsp3) is 0.940. The van der Waals surface area contributed by atoms with E-state index in [1.54, 1.807) is 0 Å². The lowest BCUT2D eigenvalue weighted by atomic mass is 10.0. The van der Waals surface area contributed by atoms with Crippen molar-refractivity contribution in [2.75, 3.05) is 19.8 Å². The van der Waals surface area contributed by atoms with Crippen LogP contribution in [0.15, 0.2) is 12.2 Å². The first-order valence-corrected chi connectivity index (χ1v) is 24.8. The Hall–Kier alpha value is -0.870. The molecule has 4 nitrogen and oxygen atoms in total. The van der Waals surface area contributed by atoms with E-state index in [4.69, 9.17) is 9.47 Å². The molecule has 0 amide bonds. The third-order valence-electron chi connectivity index (χ3n) is 11.3. The zero-order valence-corrected chi connectivity index (χ0v) is 37.0. The third-order valence-corrected chi connectivity index (χ3v) is 11.3. The van der Waals surface area contributed by atoms with E-state index in [0.29, 0.717) is 19.6 Å². The van der Waals surface area contributed by atoms with E-state index in [-0.39, 0.29) is 12.6 Å². The first kappa shape index (κ1) is 53.1. The Balaban J connectivity index is 3.33. The maximum atomic E-state index is 12.2. The van der Waals surface area contributed by atoms with Gasteiger partial charge in [0.15, 0.2) is 0 Å². The number of aliphatic hydroxyl groups is 1. The van der Waals surface area contributed by atoms with Gasteiger partial charge in [-0.25, -0.2) is 0 Å². The Bertz CT molecular complexity index is 721. The van der Waals surface area contributed by atoms with Crippen molar-refractivity contribution < 1.29 is 19.4 Å². The van der Waals surface area contributed by atoms with Crippen LogP contribution in [-0.4, -0.2) is 37.0 Å². The van der Waals surface area contributed by atoms with Crippen LogP contribution in [0.1, 0.15) is 277 Å². The number of ether oxygens (including phenoxy) is 2. The molecular weight excluding hydrogens is 665 g/mol. The molecule has 0 aromatic rings. The van der Waals surface area contributed by atoms with E-state index in [9.17, 15) is 9.90 Å². The van der Waals surface area contributed by atoms with Crippen LogP contribution in [0.3, 0.4) is 0 Å². The topological polar surface area (TPSA) is 55.8 Å². The molecule has 0 rings (SSSR count). The molecule has 0 heterocycles. The van der Waals surface area contributed by atoms with Gasteiger partial charge in [-0.15, -0.1) is 0 Å². The summed E-state index contributed by atoms with van der Waals surface area (Å²) in [6.45, 7) is 5.40. The summed E-state index contributed by atoms with van der Waals surface area (Å²) < 4.78 is 11.2. The molecule has 322 valence electrons. The lowest BCUT2D eigenvalue weighted by Crippen LogP contribution is -2.27. The van der Waals surface area contributed by atoms with Crippen LogP contribution < -0.4 is 0 Å². The quantitative estimate of drug-likeness (QED) is 0.0381. The molecule has 1 atom stereocenters. The molecule has 0 fully saturated rings. The van der Waals surface area contributed by atoms with Crippen molar-refractivity contribution in [2.45, 2.75) is 283 Å². The van der Waals surface area contributed by atoms with Gasteiger partial charge in [-0.3, -0.25) is 4.79 Å². The average molecular weight is 763 g/mol.